The molecule has 0 bridgehead atoms. The van der Waals surface area contributed by atoms with Crippen LogP contribution in [0.25, 0.3) is 78.4 Å². The van der Waals surface area contributed by atoms with Gasteiger partial charge >= 0.3 is 0 Å². The van der Waals surface area contributed by atoms with E-state index in [9.17, 15) is 0 Å². The SMILES string of the molecule is c1ccc(-c2ccc(N(c3ccc(-c4ccccc4)cc3)c3cc(-c4nc(-c5ccccc5)nc(-c5cccc([Si](c6ccccc6)(c6ccccc6)c6ccccc6)c5)n4)cc4oc5ccccc5c34)cc2)cc1. The van der Waals surface area contributed by atoms with E-state index in [4.69, 9.17) is 19.4 Å². The van der Waals surface area contributed by atoms with Crippen LogP contribution >= 0.6 is 0 Å². The predicted molar refractivity (Wildman–Crippen MR) is 313 cm³/mol. The summed E-state index contributed by atoms with van der Waals surface area (Å²) in [6.07, 6.45) is 0. The van der Waals surface area contributed by atoms with E-state index < -0.39 is 8.07 Å². The molecule has 13 rings (SSSR count). The number of fused-ring (bicyclic) bond motifs is 3. The molecule has 2 heterocycles. The van der Waals surface area contributed by atoms with Crippen molar-refractivity contribution in [3.63, 3.8) is 0 Å². The van der Waals surface area contributed by atoms with Gasteiger partial charge in [-0.15, -0.1) is 0 Å². The molecule has 0 aliphatic heterocycles. The van der Waals surface area contributed by atoms with Crippen molar-refractivity contribution >= 4 is 67.8 Å². The van der Waals surface area contributed by atoms with Crippen LogP contribution in [0.4, 0.5) is 17.1 Å². The first-order valence-corrected chi connectivity index (χ1v) is 27.3. The number of hydrogen-bond donors (Lipinski definition) is 0. The van der Waals surface area contributed by atoms with Crippen molar-refractivity contribution in [2.24, 2.45) is 0 Å². The third-order valence-electron chi connectivity index (χ3n) is 14.3. The molecule has 2 aromatic heterocycles. The first-order valence-electron chi connectivity index (χ1n) is 25.3. The highest BCUT2D eigenvalue weighted by atomic mass is 28.3. The number of benzene rings is 11. The van der Waals surface area contributed by atoms with Gasteiger partial charge in [-0.2, -0.15) is 0 Å². The van der Waals surface area contributed by atoms with E-state index in [-0.39, 0.29) is 0 Å². The minimum atomic E-state index is -2.89. The molecule has 0 aliphatic rings. The minimum absolute atomic E-state index is 0.532. The van der Waals surface area contributed by atoms with Gasteiger partial charge < -0.3 is 9.32 Å². The molecule has 354 valence electrons. The van der Waals surface area contributed by atoms with Crippen molar-refractivity contribution < 1.29 is 4.42 Å². The molecule has 0 unspecified atom stereocenters. The molecule has 0 radical (unpaired) electrons. The van der Waals surface area contributed by atoms with Gasteiger partial charge in [-0.3, -0.25) is 0 Å². The van der Waals surface area contributed by atoms with Crippen LogP contribution in [0.2, 0.25) is 0 Å². The molecule has 0 atom stereocenters. The van der Waals surface area contributed by atoms with Crippen LogP contribution in [0, 0.1) is 0 Å². The molecular formula is C69H48N4OSi. The zero-order valence-corrected chi connectivity index (χ0v) is 41.9. The maximum Gasteiger partial charge on any atom is 0.179 e. The molecule has 0 aliphatic carbocycles. The highest BCUT2D eigenvalue weighted by molar-refractivity contribution is 7.19. The van der Waals surface area contributed by atoms with Crippen LogP contribution in [0.15, 0.2) is 296 Å². The summed E-state index contributed by atoms with van der Waals surface area (Å²) >= 11 is 0. The van der Waals surface area contributed by atoms with E-state index in [1.54, 1.807) is 0 Å². The average Bonchev–Trinajstić information content (AvgIpc) is 3.92. The Morgan fingerprint density at radius 1 is 0.280 bits per heavy atom. The van der Waals surface area contributed by atoms with Gasteiger partial charge in [0.05, 0.1) is 11.1 Å². The smallest absolute Gasteiger partial charge is 0.179 e. The standard InChI is InChI=1S/C69H48N4OSi/c1-7-22-49(23-8-1)51-38-42-56(43-39-51)73(57-44-40-52(41-45-57)50-24-9-2-10-25-50)63-47-55(48-65-66(63)62-36-19-20-37-64(62)74-65)69-71-67(53-26-11-3-12-27-53)70-68(72-69)54-28-21-35-61(46-54)75(58-29-13-4-14-30-58,59-31-15-5-16-32-59)60-33-17-6-18-34-60/h1-48H. The van der Waals surface area contributed by atoms with Crippen LogP contribution in [0.5, 0.6) is 0 Å². The quantitative estimate of drug-likeness (QED) is 0.0902. The first-order chi connectivity index (χ1) is 37.2. The number of hydrogen-bond acceptors (Lipinski definition) is 5. The molecule has 13 aromatic rings. The van der Waals surface area contributed by atoms with Crippen LogP contribution in [-0.4, -0.2) is 23.0 Å². The highest BCUT2D eigenvalue weighted by Crippen LogP contribution is 2.46. The number of aromatic nitrogens is 3. The van der Waals surface area contributed by atoms with Gasteiger partial charge in [-0.05, 0) is 85.5 Å². The van der Waals surface area contributed by atoms with Crippen molar-refractivity contribution in [3.05, 3.63) is 291 Å². The molecule has 75 heavy (non-hydrogen) atoms. The minimum Gasteiger partial charge on any atom is -0.456 e. The van der Waals surface area contributed by atoms with Crippen molar-refractivity contribution in [2.75, 3.05) is 4.90 Å². The van der Waals surface area contributed by atoms with Crippen molar-refractivity contribution in [3.8, 4) is 56.4 Å². The van der Waals surface area contributed by atoms with E-state index in [1.807, 2.05) is 30.3 Å². The van der Waals surface area contributed by atoms with Gasteiger partial charge in [0.15, 0.2) is 25.5 Å². The molecule has 0 amide bonds. The molecular weight excluding hydrogens is 929 g/mol. The van der Waals surface area contributed by atoms with Crippen LogP contribution in [0.3, 0.4) is 0 Å². The molecule has 0 N–H and O–H groups in total. The van der Waals surface area contributed by atoms with Gasteiger partial charge in [0, 0.05) is 33.5 Å². The molecule has 6 heteroatoms. The van der Waals surface area contributed by atoms with Crippen LogP contribution in [0.1, 0.15) is 0 Å². The fraction of sp³-hybridized carbons (Fsp3) is 0. The number of nitrogens with zero attached hydrogens (tertiary/aromatic N) is 4. The van der Waals surface area contributed by atoms with E-state index in [0.29, 0.717) is 17.5 Å². The summed E-state index contributed by atoms with van der Waals surface area (Å²) in [5, 5.41) is 7.11. The average molecular weight is 977 g/mol. The summed E-state index contributed by atoms with van der Waals surface area (Å²) in [7, 11) is -2.89. The topological polar surface area (TPSA) is 55.1 Å². The highest BCUT2D eigenvalue weighted by Gasteiger charge is 2.41. The Morgan fingerprint density at radius 3 is 1.17 bits per heavy atom. The summed E-state index contributed by atoms with van der Waals surface area (Å²) in [6, 6.07) is 103. The monoisotopic (exact) mass is 976 g/mol. The van der Waals surface area contributed by atoms with Crippen molar-refractivity contribution in [1.82, 2.24) is 15.0 Å². The lowest BCUT2D eigenvalue weighted by Gasteiger charge is -2.34. The van der Waals surface area contributed by atoms with Gasteiger partial charge in [0.2, 0.25) is 0 Å². The van der Waals surface area contributed by atoms with E-state index in [2.05, 4.69) is 266 Å². The van der Waals surface area contributed by atoms with E-state index in [1.165, 1.54) is 20.7 Å². The second-order valence-electron chi connectivity index (χ2n) is 18.7. The summed E-state index contributed by atoms with van der Waals surface area (Å²) in [6.45, 7) is 0. The molecule has 0 saturated carbocycles. The van der Waals surface area contributed by atoms with Crippen LogP contribution < -0.4 is 25.6 Å². The molecule has 0 spiro atoms. The lowest BCUT2D eigenvalue weighted by Crippen LogP contribution is -2.74. The maximum atomic E-state index is 6.85. The van der Waals surface area contributed by atoms with Gasteiger partial charge in [-0.25, -0.2) is 15.0 Å². The number of anilines is 3. The second-order valence-corrected chi connectivity index (χ2v) is 22.5. The Bertz CT molecular complexity index is 3900. The fourth-order valence-electron chi connectivity index (χ4n) is 10.7. The maximum absolute atomic E-state index is 6.85. The van der Waals surface area contributed by atoms with E-state index >= 15 is 0 Å². The van der Waals surface area contributed by atoms with Crippen molar-refractivity contribution in [2.45, 2.75) is 0 Å². The molecule has 0 fully saturated rings. The lowest BCUT2D eigenvalue weighted by atomic mass is 10.0. The Kier molecular flexibility index (Phi) is 11.8. The fourth-order valence-corrected chi connectivity index (χ4v) is 15.5. The third kappa shape index (κ3) is 8.49. The van der Waals surface area contributed by atoms with E-state index in [0.717, 1.165) is 77.9 Å². The zero-order chi connectivity index (χ0) is 50.0. The number of rotatable bonds is 12. The van der Waals surface area contributed by atoms with Crippen molar-refractivity contribution in [1.29, 1.82) is 0 Å². The Labute approximate surface area is 437 Å². The molecule has 0 saturated heterocycles. The largest absolute Gasteiger partial charge is 0.456 e. The predicted octanol–water partition coefficient (Wildman–Crippen LogP) is 15.0. The van der Waals surface area contributed by atoms with Crippen LogP contribution in [-0.2, 0) is 0 Å². The third-order valence-corrected chi connectivity index (χ3v) is 19.0. The Morgan fingerprint density at radius 2 is 0.667 bits per heavy atom. The summed E-state index contributed by atoms with van der Waals surface area (Å²) < 4.78 is 6.85. The number of furan rings is 1. The van der Waals surface area contributed by atoms with Gasteiger partial charge in [-0.1, -0.05) is 249 Å². The summed E-state index contributed by atoms with van der Waals surface area (Å²) in [4.78, 5) is 18.5. The lowest BCUT2D eigenvalue weighted by molar-refractivity contribution is 0.669. The summed E-state index contributed by atoms with van der Waals surface area (Å²) in [5.41, 5.74) is 11.6. The first kappa shape index (κ1) is 45.1. The Hall–Kier alpha value is -9.75. The number of para-hydroxylation sites is 1. The Balaban J connectivity index is 1.03. The normalized spacial score (nSPS) is 11.5. The molecule has 5 nitrogen and oxygen atoms in total. The zero-order valence-electron chi connectivity index (χ0n) is 40.9. The second kappa shape index (κ2) is 19.7. The van der Waals surface area contributed by atoms with Gasteiger partial charge in [0.1, 0.15) is 11.2 Å². The molecule has 11 aromatic carbocycles. The van der Waals surface area contributed by atoms with Gasteiger partial charge in [0.25, 0.3) is 0 Å². The summed E-state index contributed by atoms with van der Waals surface area (Å²) in [5.74, 6) is 1.69.